The normalized spacial score (nSPS) is 13.3. The van der Waals surface area contributed by atoms with Gasteiger partial charge in [-0.25, -0.2) is 0 Å². The number of hydrogen-bond acceptors (Lipinski definition) is 3. The predicted octanol–water partition coefficient (Wildman–Crippen LogP) is 6.37. The minimum atomic E-state index is -4.43. The summed E-state index contributed by atoms with van der Waals surface area (Å²) in [4.78, 5) is 12.8. The highest BCUT2D eigenvalue weighted by Gasteiger charge is 2.30. The van der Waals surface area contributed by atoms with E-state index in [1.54, 1.807) is 12.1 Å². The van der Waals surface area contributed by atoms with E-state index in [0.717, 1.165) is 17.7 Å². The van der Waals surface area contributed by atoms with Gasteiger partial charge in [-0.15, -0.1) is 0 Å². The fraction of sp³-hybridized carbons (Fsp3) is 0.296. The number of ether oxygens (including phenoxy) is 1. The van der Waals surface area contributed by atoms with Crippen LogP contribution in [0.5, 0.6) is 5.75 Å². The molecule has 0 aromatic heterocycles. The van der Waals surface area contributed by atoms with E-state index in [0.29, 0.717) is 29.5 Å². The van der Waals surface area contributed by atoms with Crippen molar-refractivity contribution in [1.29, 1.82) is 0 Å². The number of likely N-dealkylation sites (N-methyl/N-ethyl adjacent to an activating group) is 1. The highest BCUT2D eigenvalue weighted by Crippen LogP contribution is 2.31. The maximum absolute atomic E-state index is 12.9. The second kappa shape index (κ2) is 12.0. The molecule has 192 valence electrons. The van der Waals surface area contributed by atoms with Crippen molar-refractivity contribution < 1.29 is 31.5 Å². The molecule has 0 radical (unpaired) electrons. The molecule has 0 bridgehead atoms. The van der Waals surface area contributed by atoms with E-state index in [1.807, 2.05) is 31.2 Å². The summed E-state index contributed by atoms with van der Waals surface area (Å²) in [6.07, 6.45) is -3.67. The number of amides is 1. The summed E-state index contributed by atoms with van der Waals surface area (Å²) >= 11 is 0. The van der Waals surface area contributed by atoms with E-state index in [-0.39, 0.29) is 11.7 Å². The molecule has 3 aromatic carbocycles. The molecule has 0 fully saturated rings. The van der Waals surface area contributed by atoms with Gasteiger partial charge in [0.25, 0.3) is 0 Å². The maximum atomic E-state index is 12.9. The molecule has 1 amide bonds. The van der Waals surface area contributed by atoms with Crippen molar-refractivity contribution in [3.8, 4) is 5.75 Å². The number of nitrogens with one attached hydrogen (secondary N) is 2. The largest absolute Gasteiger partial charge is 0.435 e. The molecule has 2 N–H and O–H groups in total. The Bertz CT molecular complexity index is 1130. The lowest BCUT2D eigenvalue weighted by atomic mass is 9.95. The molecule has 9 heteroatoms. The number of alkyl halides is 5. The zero-order valence-corrected chi connectivity index (χ0v) is 19.8. The summed E-state index contributed by atoms with van der Waals surface area (Å²) < 4.78 is 68.8. The highest BCUT2D eigenvalue weighted by atomic mass is 19.4. The van der Waals surface area contributed by atoms with Crippen molar-refractivity contribution in [1.82, 2.24) is 10.6 Å². The van der Waals surface area contributed by atoms with Gasteiger partial charge in [-0.05, 0) is 60.7 Å². The molecule has 0 spiro atoms. The maximum Gasteiger partial charge on any atom is 0.416 e. The van der Waals surface area contributed by atoms with Crippen molar-refractivity contribution in [3.63, 3.8) is 0 Å². The van der Waals surface area contributed by atoms with Gasteiger partial charge in [0.2, 0.25) is 5.91 Å². The quantitative estimate of drug-likeness (QED) is 0.315. The lowest BCUT2D eigenvalue weighted by Crippen LogP contribution is -2.38. The van der Waals surface area contributed by atoms with E-state index in [2.05, 4.69) is 15.4 Å². The van der Waals surface area contributed by atoms with Gasteiger partial charge in [0.1, 0.15) is 11.8 Å². The Labute approximate surface area is 206 Å². The zero-order valence-electron chi connectivity index (χ0n) is 19.8. The smallest absolute Gasteiger partial charge is 0.416 e. The summed E-state index contributed by atoms with van der Waals surface area (Å²) in [6.45, 7) is -1.07. The molecule has 0 saturated carbocycles. The molecule has 0 aliphatic heterocycles. The van der Waals surface area contributed by atoms with Crippen molar-refractivity contribution in [2.75, 3.05) is 7.05 Å². The SMILES string of the molecule is CNC(=O)[C@H](N[C@H](CCc1ccc(C(F)(F)F)cc1)c1cccc(OC(F)F)c1)c1ccc(C)cc1. The van der Waals surface area contributed by atoms with Gasteiger partial charge in [0.15, 0.2) is 0 Å². The fourth-order valence-electron chi connectivity index (χ4n) is 3.85. The number of benzene rings is 3. The van der Waals surface area contributed by atoms with Crippen molar-refractivity contribution in [2.45, 2.75) is 44.6 Å². The molecule has 36 heavy (non-hydrogen) atoms. The molecule has 3 aromatic rings. The van der Waals surface area contributed by atoms with E-state index in [4.69, 9.17) is 0 Å². The average molecular weight is 507 g/mol. The van der Waals surface area contributed by atoms with E-state index < -0.39 is 30.4 Å². The molecule has 0 saturated heterocycles. The standard InChI is InChI=1S/C27H27F5N2O2/c1-17-6-11-19(12-7-17)24(25(35)33-2)34-23(20-4-3-5-22(16-20)36-26(28)29)15-10-18-8-13-21(14-9-18)27(30,31)32/h3-9,11-14,16,23-24,26,34H,10,15H2,1-2H3,(H,33,35)/t23-,24-/m1/s1. The van der Waals surface area contributed by atoms with Gasteiger partial charge in [-0.1, -0.05) is 54.1 Å². The van der Waals surface area contributed by atoms with E-state index in [9.17, 15) is 26.7 Å². The monoisotopic (exact) mass is 506 g/mol. The first kappa shape index (κ1) is 27.1. The minimum Gasteiger partial charge on any atom is -0.435 e. The summed E-state index contributed by atoms with van der Waals surface area (Å²) in [6, 6.07) is 17.2. The first-order chi connectivity index (χ1) is 17.1. The Hall–Kier alpha value is -3.46. The number of hydrogen-bond donors (Lipinski definition) is 2. The molecule has 4 nitrogen and oxygen atoms in total. The Kier molecular flexibility index (Phi) is 9.03. The Morgan fingerprint density at radius 2 is 1.61 bits per heavy atom. The van der Waals surface area contributed by atoms with Gasteiger partial charge in [-0.3, -0.25) is 10.1 Å². The summed E-state index contributed by atoms with van der Waals surface area (Å²) in [7, 11) is 1.51. The summed E-state index contributed by atoms with van der Waals surface area (Å²) in [5.41, 5.74) is 2.25. The Morgan fingerprint density at radius 3 is 2.19 bits per heavy atom. The van der Waals surface area contributed by atoms with Gasteiger partial charge in [0.05, 0.1) is 5.56 Å². The summed E-state index contributed by atoms with van der Waals surface area (Å²) in [5.74, 6) is -0.325. The first-order valence-corrected chi connectivity index (χ1v) is 11.3. The first-order valence-electron chi connectivity index (χ1n) is 11.3. The van der Waals surface area contributed by atoms with Crippen molar-refractivity contribution >= 4 is 5.91 Å². The second-order valence-corrected chi connectivity index (χ2v) is 8.36. The highest BCUT2D eigenvalue weighted by molar-refractivity contribution is 5.83. The van der Waals surface area contributed by atoms with Crippen molar-refractivity contribution in [3.05, 3.63) is 101 Å². The van der Waals surface area contributed by atoms with Crippen LogP contribution >= 0.6 is 0 Å². The molecule has 3 rings (SSSR count). The lowest BCUT2D eigenvalue weighted by Gasteiger charge is -2.26. The van der Waals surface area contributed by atoms with Crippen LogP contribution in [0, 0.1) is 6.92 Å². The van der Waals surface area contributed by atoms with Crippen LogP contribution in [0.1, 0.15) is 46.3 Å². The van der Waals surface area contributed by atoms with Crippen molar-refractivity contribution in [2.24, 2.45) is 0 Å². The van der Waals surface area contributed by atoms with Crippen LogP contribution in [-0.2, 0) is 17.4 Å². The molecular formula is C27H27F5N2O2. The van der Waals surface area contributed by atoms with Gasteiger partial charge in [0, 0.05) is 13.1 Å². The molecule has 0 heterocycles. The molecule has 2 atom stereocenters. The molecular weight excluding hydrogens is 479 g/mol. The van der Waals surface area contributed by atoms with Gasteiger partial charge in [-0.2, -0.15) is 22.0 Å². The Balaban J connectivity index is 1.90. The topological polar surface area (TPSA) is 50.4 Å². The molecule has 0 aliphatic rings. The van der Waals surface area contributed by atoms with Crippen LogP contribution in [-0.4, -0.2) is 19.6 Å². The molecule has 0 aliphatic carbocycles. The number of aryl methyl sites for hydroxylation is 2. The van der Waals surface area contributed by atoms with Gasteiger partial charge < -0.3 is 10.1 Å². The van der Waals surface area contributed by atoms with E-state index in [1.165, 1.54) is 31.3 Å². The molecule has 0 unspecified atom stereocenters. The predicted molar refractivity (Wildman–Crippen MR) is 127 cm³/mol. The van der Waals surface area contributed by atoms with Crippen LogP contribution in [0.25, 0.3) is 0 Å². The summed E-state index contributed by atoms with van der Waals surface area (Å²) in [5, 5.41) is 5.94. The fourth-order valence-corrected chi connectivity index (χ4v) is 3.85. The Morgan fingerprint density at radius 1 is 0.944 bits per heavy atom. The number of halogens is 5. The van der Waals surface area contributed by atoms with Crippen LogP contribution in [0.4, 0.5) is 22.0 Å². The number of rotatable bonds is 10. The number of carbonyl (C=O) groups excluding carboxylic acids is 1. The third kappa shape index (κ3) is 7.52. The third-order valence-corrected chi connectivity index (χ3v) is 5.78. The van der Waals surface area contributed by atoms with E-state index >= 15 is 0 Å². The third-order valence-electron chi connectivity index (χ3n) is 5.78. The van der Waals surface area contributed by atoms with Crippen LogP contribution < -0.4 is 15.4 Å². The van der Waals surface area contributed by atoms with Crippen LogP contribution in [0.15, 0.2) is 72.8 Å². The van der Waals surface area contributed by atoms with Crippen LogP contribution in [0.2, 0.25) is 0 Å². The second-order valence-electron chi connectivity index (χ2n) is 8.36. The number of carbonyl (C=O) groups is 1. The lowest BCUT2D eigenvalue weighted by molar-refractivity contribution is -0.137. The minimum absolute atomic E-state index is 0.0318. The average Bonchev–Trinajstić information content (AvgIpc) is 2.84. The van der Waals surface area contributed by atoms with Gasteiger partial charge >= 0.3 is 12.8 Å². The zero-order chi connectivity index (χ0) is 26.3. The van der Waals surface area contributed by atoms with Crippen LogP contribution in [0.3, 0.4) is 0 Å².